The van der Waals surface area contributed by atoms with Gasteiger partial charge in [-0.15, -0.1) is 47.3 Å². The van der Waals surface area contributed by atoms with E-state index in [1.165, 1.54) is 27.1 Å². The number of fused-ring (bicyclic) bond motifs is 5. The van der Waals surface area contributed by atoms with Gasteiger partial charge < -0.3 is 14.0 Å². The standard InChI is InChI=1S/C29H23N2O.C22H26NSi.Ir/c1-29(2,3)19-15-17-20(18-16-19)31-25-13-6-5-12-24(25)30-28(31)23-11-8-10-22-21-9-4-7-14-26(21)32-27(22)23;1-16(2)12-20-14-21(23-15-22(20)24(3,4)5)19-11-10-17-8-6-7-9-18(17)13-19;/h4-10,12-18H,1-3H3;6-10,13-16H,12H2,1-5H3;/q2*-1;. The van der Waals surface area contributed by atoms with Crippen LogP contribution in [0.15, 0.2) is 138 Å². The summed E-state index contributed by atoms with van der Waals surface area (Å²) in [5.74, 6) is 1.48. The number of pyridine rings is 1. The Morgan fingerprint density at radius 2 is 1.47 bits per heavy atom. The molecule has 1 radical (unpaired) electrons. The van der Waals surface area contributed by atoms with Gasteiger partial charge >= 0.3 is 0 Å². The maximum atomic E-state index is 6.30. The molecule has 0 amide bonds. The molecule has 4 nitrogen and oxygen atoms in total. The molecular weight excluding hydrogens is 891 g/mol. The summed E-state index contributed by atoms with van der Waals surface area (Å²) >= 11 is 0. The molecule has 0 aliphatic carbocycles. The number of hydrogen-bond donors (Lipinski definition) is 0. The zero-order valence-electron chi connectivity index (χ0n) is 34.1. The van der Waals surface area contributed by atoms with Crippen LogP contribution in [0.2, 0.25) is 19.6 Å². The summed E-state index contributed by atoms with van der Waals surface area (Å²) in [6, 6.07) is 51.0. The Kier molecular flexibility index (Phi) is 11.3. The van der Waals surface area contributed by atoms with Crippen molar-refractivity contribution in [1.82, 2.24) is 14.5 Å². The Morgan fingerprint density at radius 3 is 2.21 bits per heavy atom. The summed E-state index contributed by atoms with van der Waals surface area (Å²) in [6.07, 6.45) is 3.24. The van der Waals surface area contributed by atoms with Crippen LogP contribution in [0.4, 0.5) is 0 Å². The third-order valence-corrected chi connectivity index (χ3v) is 12.6. The molecule has 6 heteroatoms. The number of hydrogen-bond acceptors (Lipinski definition) is 3. The van der Waals surface area contributed by atoms with E-state index >= 15 is 0 Å². The number of aromatic nitrogens is 3. The first-order valence-corrected chi connectivity index (χ1v) is 23.2. The maximum absolute atomic E-state index is 6.30. The average molecular weight is 940 g/mol. The van der Waals surface area contributed by atoms with Gasteiger partial charge in [0.2, 0.25) is 0 Å². The third-order valence-electron chi connectivity index (χ3n) is 10.5. The number of benzene rings is 6. The van der Waals surface area contributed by atoms with Crippen LogP contribution in [-0.2, 0) is 31.9 Å². The first-order valence-electron chi connectivity index (χ1n) is 19.7. The van der Waals surface area contributed by atoms with Gasteiger partial charge in [-0.25, -0.2) is 0 Å². The van der Waals surface area contributed by atoms with Crippen LogP contribution in [0.5, 0.6) is 0 Å². The monoisotopic (exact) mass is 940 g/mol. The van der Waals surface area contributed by atoms with Gasteiger partial charge in [-0.2, -0.15) is 0 Å². The number of rotatable bonds is 6. The van der Waals surface area contributed by atoms with Crippen molar-refractivity contribution in [3.8, 4) is 28.3 Å². The van der Waals surface area contributed by atoms with Crippen molar-refractivity contribution in [2.24, 2.45) is 5.92 Å². The fourth-order valence-corrected chi connectivity index (χ4v) is 9.21. The molecule has 3 aromatic heterocycles. The minimum atomic E-state index is -1.38. The van der Waals surface area contributed by atoms with Gasteiger partial charge in [0, 0.05) is 37.4 Å². The van der Waals surface area contributed by atoms with Crippen LogP contribution >= 0.6 is 0 Å². The molecule has 0 saturated heterocycles. The smallest absolute Gasteiger partial charge is 0.120 e. The van der Waals surface area contributed by atoms with Crippen LogP contribution in [0.3, 0.4) is 0 Å². The Hall–Kier alpha value is -5.13. The van der Waals surface area contributed by atoms with E-state index in [4.69, 9.17) is 14.4 Å². The quantitative estimate of drug-likeness (QED) is 0.123. The second-order valence-electron chi connectivity index (χ2n) is 17.3. The molecule has 0 aliphatic heterocycles. The van der Waals surface area contributed by atoms with Crippen LogP contribution in [0.1, 0.15) is 45.7 Å². The van der Waals surface area contributed by atoms with Gasteiger partial charge in [0.15, 0.2) is 0 Å². The number of para-hydroxylation sites is 3. The topological polar surface area (TPSA) is 43.9 Å². The van der Waals surface area contributed by atoms with Gasteiger partial charge in [0.05, 0.1) is 30.5 Å². The molecule has 0 N–H and O–H groups in total. The average Bonchev–Trinajstić information content (AvgIpc) is 3.76. The van der Waals surface area contributed by atoms with E-state index in [0.29, 0.717) is 5.92 Å². The molecule has 289 valence electrons. The normalized spacial score (nSPS) is 11.9. The fraction of sp³-hybridized carbons (Fsp3) is 0.216. The van der Waals surface area contributed by atoms with Gasteiger partial charge in [-0.3, -0.25) is 4.98 Å². The van der Waals surface area contributed by atoms with Gasteiger partial charge in [-0.1, -0.05) is 149 Å². The van der Waals surface area contributed by atoms with Crippen LogP contribution < -0.4 is 5.19 Å². The fourth-order valence-electron chi connectivity index (χ4n) is 7.62. The molecule has 0 saturated carbocycles. The first kappa shape index (κ1) is 40.1. The van der Waals surface area contributed by atoms with Crippen molar-refractivity contribution in [2.75, 3.05) is 0 Å². The van der Waals surface area contributed by atoms with Crippen LogP contribution in [0, 0.1) is 18.1 Å². The molecule has 0 fully saturated rings. The summed E-state index contributed by atoms with van der Waals surface area (Å²) in [4.78, 5) is 9.82. The van der Waals surface area contributed by atoms with E-state index in [1.54, 1.807) is 0 Å². The molecule has 3 heterocycles. The van der Waals surface area contributed by atoms with Gasteiger partial charge in [0.25, 0.3) is 0 Å². The molecule has 0 unspecified atom stereocenters. The summed E-state index contributed by atoms with van der Waals surface area (Å²) < 4.78 is 8.51. The first-order chi connectivity index (χ1) is 26.8. The van der Waals surface area contributed by atoms with E-state index in [2.05, 4.69) is 174 Å². The Balaban J connectivity index is 0.000000179. The molecule has 0 bridgehead atoms. The SMILES string of the molecule is CC(C)(C)c1ccc(-n2c(-c3[c-]ccc4c3oc3ccccc34)nc3ccccc32)cc1.CC(C)Cc1cc(-c2[c-]cc3ccccc3c2)ncc1[Si](C)(C)C.[Ir]. The summed E-state index contributed by atoms with van der Waals surface area (Å²) in [7, 11) is -1.38. The van der Waals surface area contributed by atoms with Crippen molar-refractivity contribution in [3.05, 3.63) is 157 Å². The second kappa shape index (κ2) is 16.0. The van der Waals surface area contributed by atoms with Crippen LogP contribution in [0.25, 0.3) is 72.1 Å². The molecule has 9 rings (SSSR count). The molecule has 9 aromatic rings. The number of imidazole rings is 1. The summed E-state index contributed by atoms with van der Waals surface area (Å²) in [6.45, 7) is 18.5. The molecule has 57 heavy (non-hydrogen) atoms. The van der Waals surface area contributed by atoms with Gasteiger partial charge in [-0.05, 0) is 64.5 Å². The molecule has 0 atom stereocenters. The third kappa shape index (κ3) is 8.18. The van der Waals surface area contributed by atoms with E-state index < -0.39 is 8.07 Å². The predicted molar refractivity (Wildman–Crippen MR) is 239 cm³/mol. The Labute approximate surface area is 351 Å². The minimum absolute atomic E-state index is 0. The number of nitrogens with zero attached hydrogens (tertiary/aromatic N) is 3. The zero-order valence-corrected chi connectivity index (χ0v) is 37.5. The Bertz CT molecular complexity index is 2840. The molecule has 6 aromatic carbocycles. The van der Waals surface area contributed by atoms with E-state index in [9.17, 15) is 0 Å². The second-order valence-corrected chi connectivity index (χ2v) is 22.3. The van der Waals surface area contributed by atoms with E-state index in [1.807, 2.05) is 30.3 Å². The maximum Gasteiger partial charge on any atom is 0.120 e. The minimum Gasteiger partial charge on any atom is -0.501 e. The largest absolute Gasteiger partial charge is 0.501 e. The van der Waals surface area contributed by atoms with Crippen molar-refractivity contribution < 1.29 is 24.5 Å². The summed E-state index contributed by atoms with van der Waals surface area (Å²) in [5.41, 5.74) is 10.6. The molecular formula is C51H49IrN3OSi-2. The molecule has 0 aliphatic rings. The predicted octanol–water partition coefficient (Wildman–Crippen LogP) is 13.1. The van der Waals surface area contributed by atoms with E-state index in [-0.39, 0.29) is 25.5 Å². The van der Waals surface area contributed by atoms with Crippen molar-refractivity contribution in [1.29, 1.82) is 0 Å². The van der Waals surface area contributed by atoms with Crippen LogP contribution in [-0.4, -0.2) is 22.6 Å². The van der Waals surface area contributed by atoms with Crippen molar-refractivity contribution in [3.63, 3.8) is 0 Å². The number of furan rings is 1. The van der Waals surface area contributed by atoms with Crippen molar-refractivity contribution in [2.45, 2.75) is 66.1 Å². The van der Waals surface area contributed by atoms with Crippen molar-refractivity contribution >= 4 is 57.0 Å². The zero-order chi connectivity index (χ0) is 39.2. The van der Waals surface area contributed by atoms with Gasteiger partial charge in [0.1, 0.15) is 5.58 Å². The Morgan fingerprint density at radius 1 is 0.772 bits per heavy atom. The summed E-state index contributed by atoms with van der Waals surface area (Å²) in [5, 5.41) is 6.14. The van der Waals surface area contributed by atoms with E-state index in [0.717, 1.165) is 67.7 Å². The molecule has 0 spiro atoms.